The lowest BCUT2D eigenvalue weighted by Crippen LogP contribution is -2.43. The molecule has 2 heterocycles. The molecule has 1 aromatic carbocycles. The van der Waals surface area contributed by atoms with Crippen LogP contribution in [0.5, 0.6) is 0 Å². The molecule has 2 aromatic rings. The van der Waals surface area contributed by atoms with E-state index < -0.39 is 0 Å². The highest BCUT2D eigenvalue weighted by atomic mass is 16.5. The number of carbonyl (C=O) groups excluding carboxylic acids is 1. The number of pyridine rings is 1. The van der Waals surface area contributed by atoms with Gasteiger partial charge in [-0.3, -0.25) is 4.79 Å². The van der Waals surface area contributed by atoms with Gasteiger partial charge >= 0.3 is 0 Å². The minimum absolute atomic E-state index is 0.221. The van der Waals surface area contributed by atoms with E-state index in [4.69, 9.17) is 10.5 Å². The van der Waals surface area contributed by atoms with Gasteiger partial charge in [-0.05, 0) is 19.4 Å². The molecule has 1 atom stereocenters. The van der Waals surface area contributed by atoms with Crippen molar-refractivity contribution < 1.29 is 9.53 Å². The first-order valence-corrected chi connectivity index (χ1v) is 8.43. The Labute approximate surface area is 142 Å². The van der Waals surface area contributed by atoms with Crippen molar-refractivity contribution >= 4 is 28.1 Å². The summed E-state index contributed by atoms with van der Waals surface area (Å²) in [4.78, 5) is 18.9. The minimum atomic E-state index is -0.221. The maximum absolute atomic E-state index is 12.2. The second-order valence-electron chi connectivity index (χ2n) is 6.13. The molecular formula is C18H24N4O2. The number of amides is 1. The van der Waals surface area contributed by atoms with E-state index >= 15 is 0 Å². The zero-order valence-electron chi connectivity index (χ0n) is 14.2. The van der Waals surface area contributed by atoms with E-state index in [0.717, 1.165) is 29.4 Å². The average molecular weight is 328 g/mol. The van der Waals surface area contributed by atoms with Crippen molar-refractivity contribution in [3.05, 3.63) is 30.1 Å². The number of nitrogens with two attached hydrogens (primary N) is 1. The van der Waals surface area contributed by atoms with Crippen LogP contribution in [0.15, 0.2) is 24.4 Å². The van der Waals surface area contributed by atoms with E-state index in [1.165, 1.54) is 0 Å². The highest BCUT2D eigenvalue weighted by Gasteiger charge is 2.22. The fourth-order valence-corrected chi connectivity index (χ4v) is 3.09. The minimum Gasteiger partial charge on any atom is -0.396 e. The predicted molar refractivity (Wildman–Crippen MR) is 96.4 cm³/mol. The van der Waals surface area contributed by atoms with Crippen molar-refractivity contribution in [3.8, 4) is 0 Å². The first-order valence-electron chi connectivity index (χ1n) is 8.43. The van der Waals surface area contributed by atoms with Crippen LogP contribution in [-0.2, 0) is 4.74 Å². The molecular weight excluding hydrogens is 304 g/mol. The zero-order valence-corrected chi connectivity index (χ0v) is 14.2. The molecule has 24 heavy (non-hydrogen) atoms. The lowest BCUT2D eigenvalue weighted by atomic mass is 10.1. The van der Waals surface area contributed by atoms with E-state index in [2.05, 4.69) is 28.2 Å². The molecule has 1 aliphatic rings. The molecule has 0 radical (unpaired) electrons. The number of fused-ring (bicyclic) bond motifs is 1. The van der Waals surface area contributed by atoms with E-state index in [9.17, 15) is 4.79 Å². The summed E-state index contributed by atoms with van der Waals surface area (Å²) in [5.74, 6) is -0.221. The van der Waals surface area contributed by atoms with Crippen molar-refractivity contribution in [2.45, 2.75) is 26.3 Å². The quantitative estimate of drug-likeness (QED) is 0.899. The van der Waals surface area contributed by atoms with Crippen LogP contribution in [0.2, 0.25) is 0 Å². The summed E-state index contributed by atoms with van der Waals surface area (Å²) in [5, 5.41) is 4.66. The normalized spacial score (nSPS) is 17.9. The van der Waals surface area contributed by atoms with Crippen LogP contribution >= 0.6 is 0 Å². The summed E-state index contributed by atoms with van der Waals surface area (Å²) in [6.45, 7) is 7.01. The monoisotopic (exact) mass is 328 g/mol. The number of ether oxygens (including phenoxy) is 1. The Bertz CT molecular complexity index is 747. The summed E-state index contributed by atoms with van der Waals surface area (Å²) >= 11 is 0. The lowest BCUT2D eigenvalue weighted by molar-refractivity contribution is 0.0950. The fraction of sp³-hybridized carbons (Fsp3) is 0.444. The highest BCUT2D eigenvalue weighted by molar-refractivity contribution is 6.08. The van der Waals surface area contributed by atoms with E-state index in [0.29, 0.717) is 31.1 Å². The van der Waals surface area contributed by atoms with Gasteiger partial charge in [-0.15, -0.1) is 0 Å². The number of anilines is 2. The number of benzene rings is 1. The topological polar surface area (TPSA) is 80.5 Å². The Balaban J connectivity index is 2.02. The maximum atomic E-state index is 12.2. The summed E-state index contributed by atoms with van der Waals surface area (Å²) in [7, 11) is 0. The maximum Gasteiger partial charge on any atom is 0.272 e. The molecule has 1 amide bonds. The number of nitrogens with zero attached hydrogens (tertiary/aromatic N) is 2. The lowest BCUT2D eigenvalue weighted by Gasteiger charge is -2.36. The molecule has 1 aromatic heterocycles. The van der Waals surface area contributed by atoms with Crippen LogP contribution < -0.4 is 16.0 Å². The SMILES string of the molecule is CCCNC(=O)c1ncc2c(N3CCOCC3C)cccc2c1N. The second kappa shape index (κ2) is 7.05. The van der Waals surface area contributed by atoms with Crippen LogP contribution in [0.4, 0.5) is 11.4 Å². The Morgan fingerprint density at radius 3 is 3.04 bits per heavy atom. The van der Waals surface area contributed by atoms with Crippen LogP contribution in [0.1, 0.15) is 30.8 Å². The van der Waals surface area contributed by atoms with Crippen LogP contribution in [0, 0.1) is 0 Å². The number of rotatable bonds is 4. The molecule has 128 valence electrons. The van der Waals surface area contributed by atoms with Gasteiger partial charge in [0, 0.05) is 41.8 Å². The molecule has 0 bridgehead atoms. The van der Waals surface area contributed by atoms with Crippen LogP contribution in [0.3, 0.4) is 0 Å². The van der Waals surface area contributed by atoms with Crippen molar-refractivity contribution in [3.63, 3.8) is 0 Å². The summed E-state index contributed by atoms with van der Waals surface area (Å²) in [6, 6.07) is 6.28. The molecule has 3 rings (SSSR count). The molecule has 0 spiro atoms. The van der Waals surface area contributed by atoms with Gasteiger partial charge in [0.1, 0.15) is 0 Å². The van der Waals surface area contributed by atoms with E-state index in [-0.39, 0.29) is 11.9 Å². The van der Waals surface area contributed by atoms with Crippen LogP contribution in [-0.4, -0.2) is 43.2 Å². The predicted octanol–water partition coefficient (Wildman–Crippen LogP) is 2.18. The third kappa shape index (κ3) is 3.01. The Hall–Kier alpha value is -2.34. The largest absolute Gasteiger partial charge is 0.396 e. The molecule has 1 saturated heterocycles. The molecule has 1 fully saturated rings. The number of morpholine rings is 1. The van der Waals surface area contributed by atoms with Crippen molar-refractivity contribution in [2.75, 3.05) is 36.9 Å². The van der Waals surface area contributed by atoms with Gasteiger partial charge in [0.25, 0.3) is 5.91 Å². The van der Waals surface area contributed by atoms with Crippen molar-refractivity contribution in [1.82, 2.24) is 10.3 Å². The van der Waals surface area contributed by atoms with Gasteiger partial charge in [0.15, 0.2) is 5.69 Å². The summed E-state index contributed by atoms with van der Waals surface area (Å²) < 4.78 is 5.52. The number of carbonyl (C=O) groups is 1. The smallest absolute Gasteiger partial charge is 0.272 e. The van der Waals surface area contributed by atoms with Gasteiger partial charge in [-0.2, -0.15) is 0 Å². The number of aromatic nitrogens is 1. The second-order valence-corrected chi connectivity index (χ2v) is 6.13. The summed E-state index contributed by atoms with van der Waals surface area (Å²) in [6.07, 6.45) is 2.63. The molecule has 0 aliphatic carbocycles. The van der Waals surface area contributed by atoms with Gasteiger partial charge in [-0.25, -0.2) is 4.98 Å². The third-order valence-electron chi connectivity index (χ3n) is 4.38. The molecule has 3 N–H and O–H groups in total. The molecule has 1 aliphatic heterocycles. The van der Waals surface area contributed by atoms with Crippen LogP contribution in [0.25, 0.3) is 10.8 Å². The molecule has 1 unspecified atom stereocenters. The zero-order chi connectivity index (χ0) is 17.1. The molecule has 0 saturated carbocycles. The average Bonchev–Trinajstić information content (AvgIpc) is 2.60. The third-order valence-corrected chi connectivity index (χ3v) is 4.38. The number of hydrogen-bond donors (Lipinski definition) is 2. The van der Waals surface area contributed by atoms with Gasteiger partial charge in [0.2, 0.25) is 0 Å². The standard InChI is InChI=1S/C18H24N4O2/c1-3-7-20-18(23)17-16(19)13-5-4-6-15(14(13)10-21-17)22-8-9-24-11-12(22)2/h4-6,10,12H,3,7-9,11,19H2,1-2H3,(H,20,23). The Kier molecular flexibility index (Phi) is 4.85. The van der Waals surface area contributed by atoms with Gasteiger partial charge in [-0.1, -0.05) is 19.1 Å². The molecule has 6 heteroatoms. The molecule has 6 nitrogen and oxygen atoms in total. The summed E-state index contributed by atoms with van der Waals surface area (Å²) in [5.41, 5.74) is 8.07. The van der Waals surface area contributed by atoms with Gasteiger partial charge in [0.05, 0.1) is 18.9 Å². The number of nitrogens with one attached hydrogen (secondary N) is 1. The number of hydrogen-bond acceptors (Lipinski definition) is 5. The Morgan fingerprint density at radius 2 is 2.29 bits per heavy atom. The first kappa shape index (κ1) is 16.5. The first-order chi connectivity index (χ1) is 11.6. The highest BCUT2D eigenvalue weighted by Crippen LogP contribution is 2.32. The van der Waals surface area contributed by atoms with E-state index in [1.54, 1.807) is 6.20 Å². The van der Waals surface area contributed by atoms with Crippen molar-refractivity contribution in [2.24, 2.45) is 0 Å². The number of nitrogen functional groups attached to an aromatic ring is 1. The van der Waals surface area contributed by atoms with Crippen molar-refractivity contribution in [1.29, 1.82) is 0 Å². The Morgan fingerprint density at radius 1 is 1.46 bits per heavy atom. The van der Waals surface area contributed by atoms with E-state index in [1.807, 2.05) is 19.1 Å². The fourth-order valence-electron chi connectivity index (χ4n) is 3.09. The van der Waals surface area contributed by atoms with Gasteiger partial charge < -0.3 is 20.7 Å².